The molecule has 1 aliphatic heterocycles. The van der Waals surface area contributed by atoms with Crippen molar-refractivity contribution in [3.05, 3.63) is 72.3 Å². The third-order valence-corrected chi connectivity index (χ3v) is 6.52. The van der Waals surface area contributed by atoms with Crippen molar-refractivity contribution in [1.29, 1.82) is 0 Å². The van der Waals surface area contributed by atoms with E-state index in [0.717, 1.165) is 22.5 Å². The van der Waals surface area contributed by atoms with Crippen molar-refractivity contribution < 1.29 is 8.42 Å². The molecule has 0 spiro atoms. The van der Waals surface area contributed by atoms with E-state index in [4.69, 9.17) is 4.98 Å². The quantitative estimate of drug-likeness (QED) is 0.458. The second-order valence-corrected chi connectivity index (χ2v) is 8.07. The van der Waals surface area contributed by atoms with E-state index in [1.165, 1.54) is 0 Å². The zero-order chi connectivity index (χ0) is 17.2. The molecule has 0 amide bonds. The topological polar surface area (TPSA) is 52.0 Å². The van der Waals surface area contributed by atoms with Gasteiger partial charge in [0.15, 0.2) is 0 Å². The highest BCUT2D eigenvalue weighted by Crippen LogP contribution is 2.42. The molecule has 0 atom stereocenters. The monoisotopic (exact) mass is 346 g/mol. The summed E-state index contributed by atoms with van der Waals surface area (Å²) < 4.78 is 28.2. The zero-order valence-corrected chi connectivity index (χ0v) is 14.3. The molecule has 4 aromatic rings. The summed E-state index contributed by atoms with van der Waals surface area (Å²) in [7, 11) is -3.55. The van der Waals surface area contributed by atoms with Crippen molar-refractivity contribution in [2.75, 3.05) is 0 Å². The first-order valence-corrected chi connectivity index (χ1v) is 9.49. The lowest BCUT2D eigenvalue weighted by Gasteiger charge is -2.21. The zero-order valence-electron chi connectivity index (χ0n) is 13.5. The molecule has 122 valence electrons. The Morgan fingerprint density at radius 1 is 0.840 bits per heavy atom. The number of fused-ring (bicyclic) bond motifs is 2. The van der Waals surface area contributed by atoms with Gasteiger partial charge in [-0.3, -0.25) is 4.57 Å². The molecule has 25 heavy (non-hydrogen) atoms. The van der Waals surface area contributed by atoms with Gasteiger partial charge in [0.25, 0.3) is 0 Å². The molecule has 2 heterocycles. The summed E-state index contributed by atoms with van der Waals surface area (Å²) in [5.41, 5.74) is 3.97. The fraction of sp³-hybridized carbons (Fsp3) is 0.0500. The molecule has 0 radical (unpaired) electrons. The van der Waals surface area contributed by atoms with Crippen LogP contribution >= 0.6 is 0 Å². The number of imidazole rings is 1. The first-order chi connectivity index (χ1) is 12.1. The molecule has 4 nitrogen and oxygen atoms in total. The van der Waals surface area contributed by atoms with Crippen LogP contribution in [0.25, 0.3) is 28.1 Å². The third-order valence-electron chi connectivity index (χ3n) is 4.69. The molecule has 0 N–H and O–H groups in total. The number of hydrogen-bond donors (Lipinski definition) is 0. The third kappa shape index (κ3) is 1.81. The van der Waals surface area contributed by atoms with E-state index in [9.17, 15) is 8.42 Å². The number of benzene rings is 3. The summed E-state index contributed by atoms with van der Waals surface area (Å²) in [5.74, 6) is 0.758. The second kappa shape index (κ2) is 4.80. The van der Waals surface area contributed by atoms with Crippen LogP contribution in [0.4, 0.5) is 0 Å². The highest BCUT2D eigenvalue weighted by molar-refractivity contribution is 7.92. The number of para-hydroxylation sites is 1. The van der Waals surface area contributed by atoms with Gasteiger partial charge in [-0.25, -0.2) is 13.4 Å². The van der Waals surface area contributed by atoms with E-state index in [2.05, 4.69) is 0 Å². The van der Waals surface area contributed by atoms with E-state index in [0.29, 0.717) is 21.0 Å². The maximum Gasteiger partial charge on any atom is 0.210 e. The summed E-state index contributed by atoms with van der Waals surface area (Å²) in [6.45, 7) is 1.96. The molecule has 0 aliphatic carbocycles. The van der Waals surface area contributed by atoms with Crippen LogP contribution in [-0.2, 0) is 9.84 Å². The fourth-order valence-electron chi connectivity index (χ4n) is 3.50. The van der Waals surface area contributed by atoms with E-state index in [1.54, 1.807) is 18.2 Å². The molecule has 5 heteroatoms. The van der Waals surface area contributed by atoms with Crippen molar-refractivity contribution in [1.82, 2.24) is 9.55 Å². The fourth-order valence-corrected chi connectivity index (χ4v) is 5.12. The van der Waals surface area contributed by atoms with Crippen LogP contribution in [-0.4, -0.2) is 18.0 Å². The Morgan fingerprint density at radius 3 is 2.36 bits per heavy atom. The molecule has 0 bridgehead atoms. The number of aromatic nitrogens is 2. The van der Waals surface area contributed by atoms with Crippen molar-refractivity contribution in [3.63, 3.8) is 0 Å². The van der Waals surface area contributed by atoms with Crippen molar-refractivity contribution in [2.24, 2.45) is 0 Å². The van der Waals surface area contributed by atoms with Gasteiger partial charge in [0.05, 0.1) is 26.5 Å². The van der Waals surface area contributed by atoms with Crippen LogP contribution in [0.15, 0.2) is 76.5 Å². The number of nitrogens with zero attached hydrogens (tertiary/aromatic N) is 2. The summed E-state index contributed by atoms with van der Waals surface area (Å²) in [6.07, 6.45) is 0. The minimum atomic E-state index is -3.55. The van der Waals surface area contributed by atoms with Gasteiger partial charge in [-0.2, -0.15) is 0 Å². The van der Waals surface area contributed by atoms with Gasteiger partial charge in [-0.1, -0.05) is 48.5 Å². The maximum atomic E-state index is 13.1. The molecule has 0 fully saturated rings. The second-order valence-electron chi connectivity index (χ2n) is 6.19. The van der Waals surface area contributed by atoms with Gasteiger partial charge in [0.2, 0.25) is 9.84 Å². The molecule has 5 rings (SSSR count). The molecule has 0 unspecified atom stereocenters. The molecule has 1 aliphatic rings. The van der Waals surface area contributed by atoms with Crippen LogP contribution < -0.4 is 0 Å². The van der Waals surface area contributed by atoms with Crippen molar-refractivity contribution >= 4 is 20.9 Å². The van der Waals surface area contributed by atoms with Crippen LogP contribution in [0.2, 0.25) is 0 Å². The number of hydrogen-bond acceptors (Lipinski definition) is 3. The SMILES string of the molecule is Cc1ccc2c3c1nc(-c1ccccc1)n3-c1ccccc1S2(=O)=O. The Morgan fingerprint density at radius 2 is 1.56 bits per heavy atom. The first kappa shape index (κ1) is 14.4. The Labute approximate surface area is 145 Å². The Kier molecular flexibility index (Phi) is 2.77. The summed E-state index contributed by atoms with van der Waals surface area (Å²) in [6, 6.07) is 20.5. The number of sulfone groups is 1. The lowest BCUT2D eigenvalue weighted by Crippen LogP contribution is -2.15. The van der Waals surface area contributed by atoms with E-state index < -0.39 is 9.84 Å². The van der Waals surface area contributed by atoms with E-state index >= 15 is 0 Å². The van der Waals surface area contributed by atoms with Gasteiger partial charge in [-0.05, 0) is 30.7 Å². The van der Waals surface area contributed by atoms with Crippen LogP contribution in [0.3, 0.4) is 0 Å². The standard InChI is InChI=1S/C20H14N2O2S/c1-13-11-12-17-19-18(13)21-20(14-7-3-2-4-8-14)22(19)15-9-5-6-10-16(15)25(17,23)24/h2-12H,1H3. The molecule has 0 saturated carbocycles. The number of aryl methyl sites for hydroxylation is 1. The Hall–Kier alpha value is -2.92. The van der Waals surface area contributed by atoms with Gasteiger partial charge in [0, 0.05) is 5.56 Å². The Balaban J connectivity index is 2.05. The molecule has 1 aromatic heterocycles. The Bertz CT molecular complexity index is 1260. The predicted molar refractivity (Wildman–Crippen MR) is 96.7 cm³/mol. The summed E-state index contributed by atoms with van der Waals surface area (Å²) in [5, 5.41) is 0. The minimum Gasteiger partial charge on any atom is -0.290 e. The van der Waals surface area contributed by atoms with E-state index in [1.807, 2.05) is 60.0 Å². The average Bonchev–Trinajstić information content (AvgIpc) is 3.03. The van der Waals surface area contributed by atoms with Gasteiger partial charge in [0.1, 0.15) is 5.82 Å². The van der Waals surface area contributed by atoms with Crippen LogP contribution in [0.1, 0.15) is 5.56 Å². The van der Waals surface area contributed by atoms with E-state index in [-0.39, 0.29) is 0 Å². The predicted octanol–water partition coefficient (Wildman–Crippen LogP) is 4.15. The van der Waals surface area contributed by atoms with Crippen LogP contribution in [0, 0.1) is 6.92 Å². The van der Waals surface area contributed by atoms with Crippen molar-refractivity contribution in [2.45, 2.75) is 16.7 Å². The molecule has 3 aromatic carbocycles. The summed E-state index contributed by atoms with van der Waals surface area (Å²) in [4.78, 5) is 5.46. The first-order valence-electron chi connectivity index (χ1n) is 8.01. The largest absolute Gasteiger partial charge is 0.290 e. The summed E-state index contributed by atoms with van der Waals surface area (Å²) >= 11 is 0. The normalized spacial score (nSPS) is 14.4. The van der Waals surface area contributed by atoms with Gasteiger partial charge in [-0.15, -0.1) is 0 Å². The highest BCUT2D eigenvalue weighted by atomic mass is 32.2. The van der Waals surface area contributed by atoms with Gasteiger partial charge < -0.3 is 0 Å². The lowest BCUT2D eigenvalue weighted by atomic mass is 10.2. The van der Waals surface area contributed by atoms with Crippen molar-refractivity contribution in [3.8, 4) is 17.1 Å². The molecule has 0 saturated heterocycles. The van der Waals surface area contributed by atoms with Crippen LogP contribution in [0.5, 0.6) is 0 Å². The van der Waals surface area contributed by atoms with Gasteiger partial charge >= 0.3 is 0 Å². The lowest BCUT2D eigenvalue weighted by molar-refractivity contribution is 0.594. The molecular weight excluding hydrogens is 332 g/mol. The highest BCUT2D eigenvalue weighted by Gasteiger charge is 2.33. The maximum absolute atomic E-state index is 13.1. The number of rotatable bonds is 1. The average molecular weight is 346 g/mol. The minimum absolute atomic E-state index is 0.321. The smallest absolute Gasteiger partial charge is 0.210 e. The molecular formula is C20H14N2O2S.